The van der Waals surface area contributed by atoms with E-state index in [1.165, 1.54) is 19.1 Å². The van der Waals surface area contributed by atoms with E-state index in [1.54, 1.807) is 30.3 Å². The molecular weight excluding hydrogens is 419 g/mol. The van der Waals surface area contributed by atoms with Gasteiger partial charge in [-0.3, -0.25) is 0 Å². The van der Waals surface area contributed by atoms with Crippen LogP contribution in [0.2, 0.25) is 0 Å². The number of nitrogens with one attached hydrogen (secondary N) is 1. The van der Waals surface area contributed by atoms with Gasteiger partial charge in [-0.05, 0) is 43.7 Å². The van der Waals surface area contributed by atoms with E-state index >= 15 is 0 Å². The van der Waals surface area contributed by atoms with E-state index in [0.717, 1.165) is 17.7 Å². The van der Waals surface area contributed by atoms with Gasteiger partial charge in [0.1, 0.15) is 6.07 Å². The van der Waals surface area contributed by atoms with Crippen molar-refractivity contribution in [2.24, 2.45) is 0 Å². The summed E-state index contributed by atoms with van der Waals surface area (Å²) >= 11 is 0. The molecule has 2 aromatic carbocycles. The van der Waals surface area contributed by atoms with E-state index in [4.69, 9.17) is 4.42 Å². The van der Waals surface area contributed by atoms with Crippen molar-refractivity contribution in [2.75, 3.05) is 0 Å². The van der Waals surface area contributed by atoms with E-state index in [0.29, 0.717) is 5.56 Å². The molecule has 0 unspecified atom stereocenters. The molecule has 1 N–H and O–H groups in total. The first-order valence-corrected chi connectivity index (χ1v) is 10.2. The predicted molar refractivity (Wildman–Crippen MR) is 102 cm³/mol. The number of nitrogens with zero attached hydrogens (tertiary/aromatic N) is 2. The monoisotopic (exact) mass is 435 g/mol. The molecule has 30 heavy (non-hydrogen) atoms. The van der Waals surface area contributed by atoms with Gasteiger partial charge in [-0.1, -0.05) is 29.8 Å². The van der Waals surface area contributed by atoms with Gasteiger partial charge in [0, 0.05) is 11.6 Å². The lowest BCUT2D eigenvalue weighted by Gasteiger charge is -2.15. The van der Waals surface area contributed by atoms with Gasteiger partial charge in [-0.15, -0.1) is 0 Å². The average Bonchev–Trinajstić information content (AvgIpc) is 3.13. The number of halogens is 3. The number of alkyl halides is 3. The van der Waals surface area contributed by atoms with E-state index in [9.17, 15) is 26.9 Å². The molecule has 0 aliphatic carbocycles. The Kier molecular flexibility index (Phi) is 5.70. The number of aryl methyl sites for hydroxylation is 1. The Hall–Kier alpha value is -3.16. The number of benzene rings is 2. The summed E-state index contributed by atoms with van der Waals surface area (Å²) in [5.74, 6) is -0.0568. The summed E-state index contributed by atoms with van der Waals surface area (Å²) in [5, 5.41) is 8.58. The van der Waals surface area contributed by atoms with Gasteiger partial charge in [0.2, 0.25) is 5.89 Å². The SMILES string of the molecule is Cc1ccc(-c2nc(C#N)c(S(=O)(=O)N[C@@H](C)c3cccc(C(F)(F)F)c3)o2)cc1. The van der Waals surface area contributed by atoms with Gasteiger partial charge in [0.25, 0.3) is 15.1 Å². The maximum Gasteiger partial charge on any atom is 0.416 e. The Balaban J connectivity index is 1.92. The number of rotatable bonds is 5. The Morgan fingerprint density at radius 2 is 1.83 bits per heavy atom. The number of hydrogen-bond acceptors (Lipinski definition) is 5. The summed E-state index contributed by atoms with van der Waals surface area (Å²) in [6, 6.07) is 11.8. The molecule has 3 rings (SSSR count). The zero-order chi connectivity index (χ0) is 22.1. The minimum Gasteiger partial charge on any atom is -0.422 e. The molecule has 0 spiro atoms. The van der Waals surface area contributed by atoms with Crippen molar-refractivity contribution < 1.29 is 26.0 Å². The lowest BCUT2D eigenvalue weighted by atomic mass is 10.1. The highest BCUT2D eigenvalue weighted by Gasteiger charge is 2.32. The Morgan fingerprint density at radius 1 is 1.17 bits per heavy atom. The molecule has 0 amide bonds. The lowest BCUT2D eigenvalue weighted by Crippen LogP contribution is -2.27. The van der Waals surface area contributed by atoms with Crippen molar-refractivity contribution in [3.63, 3.8) is 0 Å². The van der Waals surface area contributed by atoms with E-state index in [2.05, 4.69) is 9.71 Å². The third-order valence-electron chi connectivity index (χ3n) is 4.29. The fourth-order valence-electron chi connectivity index (χ4n) is 2.72. The summed E-state index contributed by atoms with van der Waals surface area (Å²) in [5.41, 5.74) is 0.198. The smallest absolute Gasteiger partial charge is 0.416 e. The van der Waals surface area contributed by atoms with E-state index in [1.807, 2.05) is 6.92 Å². The fraction of sp³-hybridized carbons (Fsp3) is 0.200. The van der Waals surface area contributed by atoms with Crippen LogP contribution < -0.4 is 4.72 Å². The largest absolute Gasteiger partial charge is 0.422 e. The normalized spacial score (nSPS) is 13.1. The lowest BCUT2D eigenvalue weighted by molar-refractivity contribution is -0.137. The first-order chi connectivity index (χ1) is 14.0. The second-order valence-corrected chi connectivity index (χ2v) is 8.21. The highest BCUT2D eigenvalue weighted by Crippen LogP contribution is 2.31. The summed E-state index contributed by atoms with van der Waals surface area (Å²) in [6.07, 6.45) is -4.56. The topological polar surface area (TPSA) is 96.0 Å². The molecule has 6 nitrogen and oxygen atoms in total. The number of hydrogen-bond donors (Lipinski definition) is 1. The molecule has 1 aromatic heterocycles. The van der Waals surface area contributed by atoms with Crippen molar-refractivity contribution in [3.05, 3.63) is 70.9 Å². The van der Waals surface area contributed by atoms with Crippen LogP contribution in [0.15, 0.2) is 58.0 Å². The van der Waals surface area contributed by atoms with Gasteiger partial charge in [0.05, 0.1) is 5.56 Å². The third kappa shape index (κ3) is 4.53. The standard InChI is InChI=1S/C20H16F3N3O3S/c1-12-6-8-14(9-7-12)18-25-17(11-24)19(29-18)30(27,28)26-13(2)15-4-3-5-16(10-15)20(21,22)23/h3-10,13,26H,1-2H3/t13-/m0/s1. The van der Waals surface area contributed by atoms with Crippen LogP contribution in [0.4, 0.5) is 13.2 Å². The highest BCUT2D eigenvalue weighted by molar-refractivity contribution is 7.89. The van der Waals surface area contributed by atoms with Gasteiger partial charge in [-0.25, -0.2) is 13.1 Å². The minimum absolute atomic E-state index is 0.0568. The van der Waals surface area contributed by atoms with Crippen LogP contribution in [-0.4, -0.2) is 13.4 Å². The first kappa shape index (κ1) is 21.5. The second kappa shape index (κ2) is 7.93. The molecule has 1 atom stereocenters. The Morgan fingerprint density at radius 3 is 2.43 bits per heavy atom. The van der Waals surface area contributed by atoms with E-state index < -0.39 is 38.6 Å². The number of oxazole rings is 1. The molecule has 0 bridgehead atoms. The van der Waals surface area contributed by atoms with Gasteiger partial charge >= 0.3 is 6.18 Å². The Bertz CT molecular complexity index is 1210. The molecule has 1 heterocycles. The first-order valence-electron chi connectivity index (χ1n) is 8.69. The van der Waals surface area contributed by atoms with Crippen LogP contribution >= 0.6 is 0 Å². The molecule has 0 radical (unpaired) electrons. The van der Waals surface area contributed by atoms with Crippen LogP contribution in [-0.2, 0) is 16.2 Å². The van der Waals surface area contributed by atoms with Crippen molar-refractivity contribution in [1.82, 2.24) is 9.71 Å². The molecule has 0 saturated carbocycles. The molecule has 0 aliphatic heterocycles. The Labute approximate surface area is 171 Å². The van der Waals surface area contributed by atoms with Gasteiger partial charge < -0.3 is 4.42 Å². The zero-order valence-electron chi connectivity index (χ0n) is 15.9. The summed E-state index contributed by atoms with van der Waals surface area (Å²) in [7, 11) is -4.38. The van der Waals surface area contributed by atoms with Crippen LogP contribution in [0.3, 0.4) is 0 Å². The molecule has 0 fully saturated rings. The fourth-order valence-corrected chi connectivity index (χ4v) is 3.96. The van der Waals surface area contributed by atoms with E-state index in [-0.39, 0.29) is 11.5 Å². The summed E-state index contributed by atoms with van der Waals surface area (Å²) in [4.78, 5) is 3.93. The van der Waals surface area contributed by atoms with Crippen LogP contribution in [0, 0.1) is 18.3 Å². The van der Waals surface area contributed by atoms with Gasteiger partial charge in [0.15, 0.2) is 5.69 Å². The molecule has 10 heteroatoms. The summed E-state index contributed by atoms with van der Waals surface area (Å²) < 4.78 is 71.9. The molecule has 0 saturated heterocycles. The highest BCUT2D eigenvalue weighted by atomic mass is 32.2. The van der Waals surface area contributed by atoms with Crippen molar-refractivity contribution in [3.8, 4) is 17.5 Å². The van der Waals surface area contributed by atoms with Crippen LogP contribution in [0.25, 0.3) is 11.5 Å². The van der Waals surface area contributed by atoms with Crippen molar-refractivity contribution >= 4 is 10.0 Å². The number of aromatic nitrogens is 1. The quantitative estimate of drug-likeness (QED) is 0.633. The maximum atomic E-state index is 12.9. The number of sulfonamides is 1. The maximum absolute atomic E-state index is 12.9. The zero-order valence-corrected chi connectivity index (χ0v) is 16.7. The van der Waals surface area contributed by atoms with Crippen molar-refractivity contribution in [2.45, 2.75) is 31.2 Å². The third-order valence-corrected chi connectivity index (χ3v) is 5.72. The molecule has 156 valence electrons. The average molecular weight is 435 g/mol. The summed E-state index contributed by atoms with van der Waals surface area (Å²) in [6.45, 7) is 3.26. The minimum atomic E-state index is -4.56. The second-order valence-electron chi connectivity index (χ2n) is 6.60. The predicted octanol–water partition coefficient (Wildman–Crippen LogP) is 4.58. The molecule has 0 aliphatic rings. The number of nitriles is 1. The van der Waals surface area contributed by atoms with Crippen LogP contribution in [0.5, 0.6) is 0 Å². The van der Waals surface area contributed by atoms with Crippen molar-refractivity contribution in [1.29, 1.82) is 5.26 Å². The molecular formula is C20H16F3N3O3S. The van der Waals surface area contributed by atoms with Gasteiger partial charge in [-0.2, -0.15) is 23.4 Å². The van der Waals surface area contributed by atoms with Crippen LogP contribution in [0.1, 0.15) is 35.3 Å². The molecule has 3 aromatic rings.